The Morgan fingerprint density at radius 3 is 2.48 bits per heavy atom. The fourth-order valence-electron chi connectivity index (χ4n) is 4.05. The molecule has 2 heterocycles. The highest BCUT2D eigenvalue weighted by molar-refractivity contribution is 5.56. The fourth-order valence-corrected chi connectivity index (χ4v) is 4.05. The number of H-pyrrole nitrogens is 1. The van der Waals surface area contributed by atoms with Gasteiger partial charge in [0.15, 0.2) is 0 Å². The predicted octanol–water partition coefficient (Wildman–Crippen LogP) is 4.34. The summed E-state index contributed by atoms with van der Waals surface area (Å²) in [5, 5.41) is 0. The van der Waals surface area contributed by atoms with E-state index < -0.39 is 11.7 Å². The lowest BCUT2D eigenvalue weighted by molar-refractivity contribution is -0.137. The number of benzene rings is 2. The van der Waals surface area contributed by atoms with Gasteiger partial charge in [-0.25, -0.2) is 4.98 Å². The van der Waals surface area contributed by atoms with Crippen LogP contribution in [0.4, 0.5) is 13.2 Å². The molecule has 0 spiro atoms. The van der Waals surface area contributed by atoms with Crippen LogP contribution >= 0.6 is 0 Å². The summed E-state index contributed by atoms with van der Waals surface area (Å²) in [7, 11) is 3.22. The Morgan fingerprint density at radius 1 is 1.12 bits per heavy atom. The molecule has 0 radical (unpaired) electrons. The largest absolute Gasteiger partial charge is 0.497 e. The first-order chi connectivity index (χ1) is 15.7. The standard InChI is InChI=1S/C24H24F3N3O3/c1-14-10-17(32-2)11-21(33-3)18(14)12-30-9-8-20-19(13-30)23(31)29-22(28-20)15-4-6-16(7-5-15)24(25,26)27/h4-7,10-11H,8-9,12-13H2,1-3H3,(H,28,29,31). The molecule has 0 unspecified atom stereocenters. The Labute approximate surface area is 189 Å². The quantitative estimate of drug-likeness (QED) is 0.615. The van der Waals surface area contributed by atoms with Crippen LogP contribution in [0.3, 0.4) is 0 Å². The lowest BCUT2D eigenvalue weighted by Gasteiger charge is -2.29. The highest BCUT2D eigenvalue weighted by Crippen LogP contribution is 2.32. The number of aromatic nitrogens is 2. The summed E-state index contributed by atoms with van der Waals surface area (Å²) in [6.45, 7) is 3.69. The molecule has 0 aliphatic carbocycles. The van der Waals surface area contributed by atoms with Crippen molar-refractivity contribution in [2.75, 3.05) is 20.8 Å². The van der Waals surface area contributed by atoms with Crippen molar-refractivity contribution in [2.24, 2.45) is 0 Å². The zero-order valence-corrected chi connectivity index (χ0v) is 18.5. The van der Waals surface area contributed by atoms with Gasteiger partial charge in [0, 0.05) is 43.2 Å². The number of rotatable bonds is 5. The molecule has 0 saturated heterocycles. The third kappa shape index (κ3) is 4.73. The van der Waals surface area contributed by atoms with E-state index in [1.165, 1.54) is 12.1 Å². The summed E-state index contributed by atoms with van der Waals surface area (Å²) < 4.78 is 49.3. The van der Waals surface area contributed by atoms with Crippen LogP contribution in [0.2, 0.25) is 0 Å². The van der Waals surface area contributed by atoms with Crippen molar-refractivity contribution < 1.29 is 22.6 Å². The van der Waals surface area contributed by atoms with Crippen LogP contribution in [0.25, 0.3) is 11.4 Å². The van der Waals surface area contributed by atoms with Crippen LogP contribution in [0.15, 0.2) is 41.2 Å². The molecule has 9 heteroatoms. The number of hydrogen-bond acceptors (Lipinski definition) is 5. The molecule has 4 rings (SSSR count). The van der Waals surface area contributed by atoms with E-state index in [0.29, 0.717) is 48.6 Å². The lowest BCUT2D eigenvalue weighted by atomic mass is 10.0. The minimum absolute atomic E-state index is 0.272. The van der Waals surface area contributed by atoms with Crippen LogP contribution < -0.4 is 15.0 Å². The molecule has 33 heavy (non-hydrogen) atoms. The van der Waals surface area contributed by atoms with E-state index in [-0.39, 0.29) is 11.4 Å². The highest BCUT2D eigenvalue weighted by Gasteiger charge is 2.30. The second-order valence-electron chi connectivity index (χ2n) is 8.00. The number of nitrogens with zero attached hydrogens (tertiary/aromatic N) is 2. The first-order valence-electron chi connectivity index (χ1n) is 10.4. The third-order valence-corrected chi connectivity index (χ3v) is 5.88. The number of hydrogen-bond donors (Lipinski definition) is 1. The molecule has 6 nitrogen and oxygen atoms in total. The van der Waals surface area contributed by atoms with Crippen LogP contribution in [-0.4, -0.2) is 35.6 Å². The molecule has 1 N–H and O–H groups in total. The summed E-state index contributed by atoms with van der Waals surface area (Å²) in [4.78, 5) is 22.2. The van der Waals surface area contributed by atoms with Gasteiger partial charge in [0.2, 0.25) is 0 Å². The average Bonchev–Trinajstić information content (AvgIpc) is 2.80. The maximum Gasteiger partial charge on any atom is 0.416 e. The molecule has 174 valence electrons. The van der Waals surface area contributed by atoms with Gasteiger partial charge in [0.1, 0.15) is 17.3 Å². The van der Waals surface area contributed by atoms with Crippen LogP contribution in [0.5, 0.6) is 11.5 Å². The number of nitrogens with one attached hydrogen (secondary N) is 1. The SMILES string of the molecule is COc1cc(C)c(CN2CCc3nc(-c4ccc(C(F)(F)F)cc4)[nH]c(=O)c3C2)c(OC)c1. The number of fused-ring (bicyclic) bond motifs is 1. The Bertz CT molecular complexity index is 1220. The van der Waals surface area contributed by atoms with Gasteiger partial charge in [-0.05, 0) is 30.7 Å². The van der Waals surface area contributed by atoms with Gasteiger partial charge in [-0.2, -0.15) is 13.2 Å². The first kappa shape index (κ1) is 22.8. The maximum absolute atomic E-state index is 12.8. The van der Waals surface area contributed by atoms with E-state index in [2.05, 4.69) is 14.9 Å². The molecule has 2 aromatic carbocycles. The summed E-state index contributed by atoms with van der Waals surface area (Å²) in [6, 6.07) is 8.40. The number of alkyl halides is 3. The molecule has 0 amide bonds. The number of methoxy groups -OCH3 is 2. The second-order valence-corrected chi connectivity index (χ2v) is 8.00. The van der Waals surface area contributed by atoms with Gasteiger partial charge >= 0.3 is 6.18 Å². The smallest absolute Gasteiger partial charge is 0.416 e. The minimum Gasteiger partial charge on any atom is -0.497 e. The van der Waals surface area contributed by atoms with Crippen molar-refractivity contribution in [1.82, 2.24) is 14.9 Å². The Hall–Kier alpha value is -3.33. The molecule has 1 aromatic heterocycles. The summed E-state index contributed by atoms with van der Waals surface area (Å²) >= 11 is 0. The number of halogens is 3. The Balaban J connectivity index is 1.57. The first-order valence-corrected chi connectivity index (χ1v) is 10.4. The van der Waals surface area contributed by atoms with Crippen molar-refractivity contribution in [3.05, 3.63) is 74.7 Å². The predicted molar refractivity (Wildman–Crippen MR) is 117 cm³/mol. The lowest BCUT2D eigenvalue weighted by Crippen LogP contribution is -2.35. The third-order valence-electron chi connectivity index (χ3n) is 5.88. The van der Waals surface area contributed by atoms with E-state index in [9.17, 15) is 18.0 Å². The molecule has 0 fully saturated rings. The van der Waals surface area contributed by atoms with Gasteiger partial charge in [0.25, 0.3) is 5.56 Å². The fraction of sp³-hybridized carbons (Fsp3) is 0.333. The molecular formula is C24H24F3N3O3. The number of aromatic amines is 1. The Kier molecular flexibility index (Phi) is 6.16. The monoisotopic (exact) mass is 459 g/mol. The molecule has 1 aliphatic rings. The second kappa shape index (κ2) is 8.90. The van der Waals surface area contributed by atoms with E-state index in [4.69, 9.17) is 9.47 Å². The summed E-state index contributed by atoms with van der Waals surface area (Å²) in [6.07, 6.45) is -3.85. The molecule has 0 atom stereocenters. The van der Waals surface area contributed by atoms with Gasteiger partial charge in [-0.1, -0.05) is 12.1 Å². The van der Waals surface area contributed by atoms with Gasteiger partial charge in [-0.3, -0.25) is 9.69 Å². The zero-order valence-electron chi connectivity index (χ0n) is 18.5. The number of aryl methyl sites for hydroxylation is 1. The van der Waals surface area contributed by atoms with E-state index in [1.54, 1.807) is 14.2 Å². The molecule has 0 bridgehead atoms. The molecule has 1 aliphatic heterocycles. The molecule has 0 saturated carbocycles. The normalized spacial score (nSPS) is 14.1. The summed E-state index contributed by atoms with van der Waals surface area (Å²) in [5.74, 6) is 1.71. The van der Waals surface area contributed by atoms with Crippen molar-refractivity contribution >= 4 is 0 Å². The van der Waals surface area contributed by atoms with E-state index >= 15 is 0 Å². The summed E-state index contributed by atoms with van der Waals surface area (Å²) in [5.41, 5.74) is 2.70. The molecular weight excluding hydrogens is 435 g/mol. The highest BCUT2D eigenvalue weighted by atomic mass is 19.4. The van der Waals surface area contributed by atoms with Crippen molar-refractivity contribution in [3.8, 4) is 22.9 Å². The van der Waals surface area contributed by atoms with Gasteiger partial charge < -0.3 is 14.5 Å². The average molecular weight is 459 g/mol. The maximum atomic E-state index is 12.8. The van der Waals surface area contributed by atoms with Crippen molar-refractivity contribution in [3.63, 3.8) is 0 Å². The van der Waals surface area contributed by atoms with Crippen LogP contribution in [0, 0.1) is 6.92 Å². The van der Waals surface area contributed by atoms with Crippen molar-refractivity contribution in [2.45, 2.75) is 32.6 Å². The van der Waals surface area contributed by atoms with Gasteiger partial charge in [0.05, 0.1) is 31.0 Å². The van der Waals surface area contributed by atoms with E-state index in [1.807, 2.05) is 19.1 Å². The molecule has 3 aromatic rings. The van der Waals surface area contributed by atoms with Crippen LogP contribution in [0.1, 0.15) is 27.9 Å². The zero-order chi connectivity index (χ0) is 23.8. The Morgan fingerprint density at radius 2 is 1.85 bits per heavy atom. The van der Waals surface area contributed by atoms with Crippen molar-refractivity contribution in [1.29, 1.82) is 0 Å². The topological polar surface area (TPSA) is 67.5 Å². The minimum atomic E-state index is -4.41. The number of ether oxygens (including phenoxy) is 2. The van der Waals surface area contributed by atoms with Gasteiger partial charge in [-0.15, -0.1) is 0 Å². The van der Waals surface area contributed by atoms with Crippen LogP contribution in [-0.2, 0) is 25.7 Å². The van der Waals surface area contributed by atoms with E-state index in [0.717, 1.165) is 29.0 Å².